The molecule has 5 nitrogen and oxygen atoms in total. The first-order valence-corrected chi connectivity index (χ1v) is 8.84. The molecular formula is C19H15N3O2S. The number of hydrogen-bond acceptors (Lipinski definition) is 5. The van der Waals surface area contributed by atoms with Crippen LogP contribution in [0.2, 0.25) is 0 Å². The smallest absolute Gasteiger partial charge is 0.259 e. The molecular weight excluding hydrogens is 334 g/mol. The van der Waals surface area contributed by atoms with Crippen LogP contribution >= 0.6 is 11.3 Å². The van der Waals surface area contributed by atoms with Crippen molar-refractivity contribution in [3.05, 3.63) is 57.3 Å². The molecule has 0 saturated carbocycles. The van der Waals surface area contributed by atoms with Gasteiger partial charge in [-0.05, 0) is 53.4 Å². The maximum Gasteiger partial charge on any atom is 0.259 e. The van der Waals surface area contributed by atoms with E-state index in [2.05, 4.69) is 15.0 Å². The Morgan fingerprint density at radius 3 is 3.00 bits per heavy atom. The van der Waals surface area contributed by atoms with E-state index in [4.69, 9.17) is 0 Å². The molecule has 1 N–H and O–H groups in total. The lowest BCUT2D eigenvalue weighted by Crippen LogP contribution is -2.11. The highest BCUT2D eigenvalue weighted by molar-refractivity contribution is 7.17. The number of nitrogens with zero attached hydrogens (tertiary/aromatic N) is 2. The molecule has 6 heteroatoms. The van der Waals surface area contributed by atoms with Crippen molar-refractivity contribution in [2.75, 3.05) is 0 Å². The number of nitrogens with one attached hydrogen (secondary N) is 1. The maximum absolute atomic E-state index is 12.6. The van der Waals surface area contributed by atoms with Crippen molar-refractivity contribution in [2.45, 2.75) is 19.8 Å². The first kappa shape index (κ1) is 15.7. The zero-order valence-electron chi connectivity index (χ0n) is 13.6. The van der Waals surface area contributed by atoms with Crippen LogP contribution in [0.3, 0.4) is 0 Å². The number of benzene rings is 1. The van der Waals surface area contributed by atoms with Gasteiger partial charge in [0.25, 0.3) is 5.56 Å². The van der Waals surface area contributed by atoms with Gasteiger partial charge in [0.2, 0.25) is 0 Å². The van der Waals surface area contributed by atoms with Gasteiger partial charge in [-0.2, -0.15) is 0 Å². The molecule has 124 valence electrons. The van der Waals surface area contributed by atoms with Crippen molar-refractivity contribution in [1.29, 1.82) is 0 Å². The second-order valence-electron chi connectivity index (χ2n) is 5.96. The van der Waals surface area contributed by atoms with Gasteiger partial charge in [-0.3, -0.25) is 9.78 Å². The largest absolute Gasteiger partial charge is 0.305 e. The minimum absolute atomic E-state index is 0.191. The van der Waals surface area contributed by atoms with Gasteiger partial charge >= 0.3 is 0 Å². The quantitative estimate of drug-likeness (QED) is 0.571. The number of thiophene rings is 1. The normalized spacial score (nSPS) is 11.2. The molecule has 25 heavy (non-hydrogen) atoms. The standard InChI is InChI=1S/C19H15N3O2S/c1-11-7-12(3-2-5-23)8-14-17(11)21-18(22-19(14)24)15-9-13-4-6-25-16(13)10-20-15/h4-10H,2-3H2,1H3,(H,21,22,24). The van der Waals surface area contributed by atoms with E-state index in [1.807, 2.05) is 36.6 Å². The SMILES string of the molecule is Cc1cc(CCC=O)cc2c(=O)[nH]c(-c3cc4ccsc4cn3)nc12. The average Bonchev–Trinajstić information content (AvgIpc) is 3.08. The van der Waals surface area contributed by atoms with Gasteiger partial charge in [-0.25, -0.2) is 4.98 Å². The summed E-state index contributed by atoms with van der Waals surface area (Å²) in [4.78, 5) is 35.1. The molecule has 0 atom stereocenters. The van der Waals surface area contributed by atoms with Crippen molar-refractivity contribution >= 4 is 38.6 Å². The van der Waals surface area contributed by atoms with E-state index in [9.17, 15) is 9.59 Å². The Bertz CT molecular complexity index is 1160. The predicted octanol–water partition coefficient (Wildman–Crippen LogP) is 3.64. The number of carbonyl (C=O) groups excluding carboxylic acids is 1. The minimum Gasteiger partial charge on any atom is -0.305 e. The van der Waals surface area contributed by atoms with Crippen LogP contribution in [0.1, 0.15) is 17.5 Å². The second-order valence-corrected chi connectivity index (χ2v) is 6.90. The number of H-pyrrole nitrogens is 1. The third kappa shape index (κ3) is 2.85. The molecule has 0 fully saturated rings. The Balaban J connectivity index is 1.87. The van der Waals surface area contributed by atoms with Crippen molar-refractivity contribution in [3.8, 4) is 11.5 Å². The number of hydrogen-bond donors (Lipinski definition) is 1. The van der Waals surface area contributed by atoms with E-state index in [0.29, 0.717) is 35.3 Å². The van der Waals surface area contributed by atoms with Crippen LogP contribution in [0.15, 0.2) is 40.6 Å². The molecule has 1 aromatic carbocycles. The zero-order valence-corrected chi connectivity index (χ0v) is 14.4. The van der Waals surface area contributed by atoms with Gasteiger partial charge in [0.1, 0.15) is 12.0 Å². The van der Waals surface area contributed by atoms with Crippen LogP contribution in [0.4, 0.5) is 0 Å². The van der Waals surface area contributed by atoms with Crippen molar-refractivity contribution < 1.29 is 4.79 Å². The summed E-state index contributed by atoms with van der Waals surface area (Å²) in [5.41, 5.74) is 3.01. The van der Waals surface area contributed by atoms with Gasteiger partial charge < -0.3 is 9.78 Å². The Hall–Kier alpha value is -2.86. The molecule has 0 saturated heterocycles. The third-order valence-electron chi connectivity index (χ3n) is 4.19. The molecule has 0 unspecified atom stereocenters. The van der Waals surface area contributed by atoms with Crippen LogP contribution in [-0.2, 0) is 11.2 Å². The lowest BCUT2D eigenvalue weighted by molar-refractivity contribution is -0.107. The van der Waals surface area contributed by atoms with Crippen LogP contribution in [0.5, 0.6) is 0 Å². The van der Waals surface area contributed by atoms with Crippen molar-refractivity contribution in [1.82, 2.24) is 15.0 Å². The lowest BCUT2D eigenvalue weighted by atomic mass is 10.0. The predicted molar refractivity (Wildman–Crippen MR) is 100 cm³/mol. The molecule has 0 bridgehead atoms. The molecule has 3 heterocycles. The van der Waals surface area contributed by atoms with Crippen molar-refractivity contribution in [3.63, 3.8) is 0 Å². The van der Waals surface area contributed by atoms with Crippen LogP contribution < -0.4 is 5.56 Å². The fraction of sp³-hybridized carbons (Fsp3) is 0.158. The molecule has 0 spiro atoms. The molecule has 0 amide bonds. The summed E-state index contributed by atoms with van der Waals surface area (Å²) in [5.74, 6) is 0.467. The topological polar surface area (TPSA) is 75.7 Å². The number of aromatic amines is 1. The Morgan fingerprint density at radius 2 is 2.16 bits per heavy atom. The minimum atomic E-state index is -0.191. The Labute approximate surface area is 147 Å². The number of rotatable bonds is 4. The van der Waals surface area contributed by atoms with E-state index in [1.54, 1.807) is 17.5 Å². The molecule has 0 aliphatic rings. The summed E-state index contributed by atoms with van der Waals surface area (Å²) in [7, 11) is 0. The number of pyridine rings is 1. The molecule has 0 aliphatic heterocycles. The first-order valence-electron chi connectivity index (χ1n) is 7.96. The van der Waals surface area contributed by atoms with Crippen LogP contribution in [0.25, 0.3) is 32.5 Å². The Kier molecular flexibility index (Phi) is 3.89. The van der Waals surface area contributed by atoms with Crippen LogP contribution in [0, 0.1) is 6.92 Å². The molecule has 4 aromatic rings. The number of aldehydes is 1. The van der Waals surface area contributed by atoms with E-state index in [0.717, 1.165) is 27.5 Å². The molecule has 4 rings (SSSR count). The number of carbonyl (C=O) groups is 1. The summed E-state index contributed by atoms with van der Waals surface area (Å²) >= 11 is 1.63. The number of fused-ring (bicyclic) bond motifs is 2. The van der Waals surface area contributed by atoms with Crippen LogP contribution in [-0.4, -0.2) is 21.2 Å². The van der Waals surface area contributed by atoms with Gasteiger partial charge in [0.15, 0.2) is 5.82 Å². The highest BCUT2D eigenvalue weighted by Gasteiger charge is 2.11. The van der Waals surface area contributed by atoms with E-state index < -0.39 is 0 Å². The first-order chi connectivity index (χ1) is 12.2. The number of aromatic nitrogens is 3. The molecule has 0 radical (unpaired) electrons. The van der Waals surface area contributed by atoms with Gasteiger partial charge in [-0.15, -0.1) is 11.3 Å². The van der Waals surface area contributed by atoms with E-state index >= 15 is 0 Å². The van der Waals surface area contributed by atoms with Gasteiger partial charge in [0, 0.05) is 12.6 Å². The highest BCUT2D eigenvalue weighted by Crippen LogP contribution is 2.24. The monoisotopic (exact) mass is 349 g/mol. The average molecular weight is 349 g/mol. The maximum atomic E-state index is 12.6. The Morgan fingerprint density at radius 1 is 1.28 bits per heavy atom. The summed E-state index contributed by atoms with van der Waals surface area (Å²) in [5, 5.41) is 3.64. The van der Waals surface area contributed by atoms with Gasteiger partial charge in [-0.1, -0.05) is 6.07 Å². The summed E-state index contributed by atoms with van der Waals surface area (Å²) < 4.78 is 1.10. The summed E-state index contributed by atoms with van der Waals surface area (Å²) in [6.07, 6.45) is 3.75. The number of aryl methyl sites for hydroxylation is 2. The second kappa shape index (κ2) is 6.22. The van der Waals surface area contributed by atoms with Gasteiger partial charge in [0.05, 0.1) is 15.6 Å². The zero-order chi connectivity index (χ0) is 17.4. The fourth-order valence-electron chi connectivity index (χ4n) is 2.98. The molecule has 3 aromatic heterocycles. The summed E-state index contributed by atoms with van der Waals surface area (Å²) in [6.45, 7) is 1.93. The van der Waals surface area contributed by atoms with E-state index in [1.165, 1.54) is 0 Å². The van der Waals surface area contributed by atoms with E-state index in [-0.39, 0.29) is 5.56 Å². The molecule has 0 aliphatic carbocycles. The lowest BCUT2D eigenvalue weighted by Gasteiger charge is -2.07. The third-order valence-corrected chi connectivity index (χ3v) is 5.06. The fourth-order valence-corrected chi connectivity index (χ4v) is 3.72. The highest BCUT2D eigenvalue weighted by atomic mass is 32.1. The summed E-state index contributed by atoms with van der Waals surface area (Å²) in [6, 6.07) is 7.76. The van der Waals surface area contributed by atoms with Crippen molar-refractivity contribution in [2.24, 2.45) is 0 Å².